The molecule has 0 saturated heterocycles. The van der Waals surface area contributed by atoms with Gasteiger partial charge in [0.1, 0.15) is 0 Å². The molecule has 0 saturated carbocycles. The van der Waals surface area contributed by atoms with Gasteiger partial charge in [0.2, 0.25) is 0 Å². The lowest BCUT2D eigenvalue weighted by atomic mass is 10.5. The van der Waals surface area contributed by atoms with Crippen LogP contribution in [0, 0.1) is 0 Å². The fraction of sp³-hybridized carbons (Fsp3) is 0.167. The van der Waals surface area contributed by atoms with Crippen LogP contribution in [0.1, 0.15) is 0 Å². The highest BCUT2D eigenvalue weighted by molar-refractivity contribution is 9.52. The summed E-state index contributed by atoms with van der Waals surface area (Å²) in [5.74, 6) is 0. The van der Waals surface area contributed by atoms with Crippen molar-refractivity contribution in [1.82, 2.24) is 4.98 Å². The van der Waals surface area contributed by atoms with Crippen molar-refractivity contribution in [3.05, 3.63) is 30.6 Å². The molecule has 0 fully saturated rings. The highest BCUT2D eigenvalue weighted by Crippen LogP contribution is 2.39. The van der Waals surface area contributed by atoms with Crippen LogP contribution in [0.5, 0.6) is 0 Å². The fourth-order valence-corrected chi connectivity index (χ4v) is 0.313. The minimum atomic E-state index is -0.250. The van der Waals surface area contributed by atoms with Crippen LogP contribution in [0.2, 0.25) is 0 Å². The van der Waals surface area contributed by atoms with Crippen LogP contribution in [0.15, 0.2) is 30.6 Å². The second kappa shape index (κ2) is 6.57. The molecule has 0 atom stereocenters. The molecule has 1 nitrogen and oxygen atoms in total. The van der Waals surface area contributed by atoms with E-state index in [9.17, 15) is 0 Å². The predicted molar refractivity (Wildman–Crippen MR) is 62.7 cm³/mol. The fourth-order valence-electron chi connectivity index (χ4n) is 0.313. The normalized spacial score (nSPS) is 9.82. The van der Waals surface area contributed by atoms with Gasteiger partial charge in [-0.05, 0) is 75.9 Å². The van der Waals surface area contributed by atoms with Gasteiger partial charge in [0.15, 0.2) is 1.05 Å². The SMILES string of the molecule is BrC(Br)(Br)Br.c1ccncc1. The Hall–Kier alpha value is 1.07. The number of aromatic nitrogens is 1. The molecule has 0 unspecified atom stereocenters. The first-order valence-electron chi connectivity index (χ1n) is 2.61. The topological polar surface area (TPSA) is 12.9 Å². The summed E-state index contributed by atoms with van der Waals surface area (Å²) in [6.45, 7) is 0. The van der Waals surface area contributed by atoms with Crippen molar-refractivity contribution in [2.45, 2.75) is 1.05 Å². The van der Waals surface area contributed by atoms with E-state index in [1.807, 2.05) is 18.2 Å². The number of rotatable bonds is 0. The molecule has 1 heterocycles. The van der Waals surface area contributed by atoms with Crippen molar-refractivity contribution < 1.29 is 0 Å². The Morgan fingerprint density at radius 3 is 1.27 bits per heavy atom. The van der Waals surface area contributed by atoms with E-state index in [1.54, 1.807) is 12.4 Å². The third-order valence-corrected chi connectivity index (χ3v) is 0.566. The second-order valence-electron chi connectivity index (χ2n) is 1.45. The van der Waals surface area contributed by atoms with Gasteiger partial charge in [0, 0.05) is 12.4 Å². The average molecular weight is 411 g/mol. The van der Waals surface area contributed by atoms with E-state index in [-0.39, 0.29) is 1.05 Å². The zero-order valence-electron chi connectivity index (χ0n) is 5.35. The van der Waals surface area contributed by atoms with Gasteiger partial charge < -0.3 is 0 Å². The van der Waals surface area contributed by atoms with Crippen molar-refractivity contribution in [3.63, 3.8) is 0 Å². The van der Waals surface area contributed by atoms with Crippen molar-refractivity contribution in [3.8, 4) is 0 Å². The summed E-state index contributed by atoms with van der Waals surface area (Å²) >= 11 is 12.5. The Labute approximate surface area is 99.5 Å². The Kier molecular flexibility index (Phi) is 7.21. The molecule has 1 aromatic rings. The number of hydrogen-bond donors (Lipinski definition) is 0. The maximum atomic E-state index is 3.78. The Balaban J connectivity index is 0.000000187. The molecule has 0 aliphatic heterocycles. The summed E-state index contributed by atoms with van der Waals surface area (Å²) < 4.78 is -0.250. The molecule has 0 N–H and O–H groups in total. The van der Waals surface area contributed by atoms with Crippen LogP contribution < -0.4 is 0 Å². The van der Waals surface area contributed by atoms with Crippen molar-refractivity contribution in [2.75, 3.05) is 0 Å². The smallest absolute Gasteiger partial charge is 0.189 e. The maximum absolute atomic E-state index is 3.78. The molecule has 11 heavy (non-hydrogen) atoms. The first-order chi connectivity index (χ1) is 5.00. The molecule has 0 aliphatic rings. The number of nitrogens with zero attached hydrogens (tertiary/aromatic N) is 1. The molecule has 0 bridgehead atoms. The molecule has 1 rings (SSSR count). The molecule has 0 amide bonds. The van der Waals surface area contributed by atoms with Gasteiger partial charge in [-0.3, -0.25) is 4.98 Å². The zero-order valence-corrected chi connectivity index (χ0v) is 11.7. The largest absolute Gasteiger partial charge is 0.265 e. The molecule has 0 radical (unpaired) electrons. The Morgan fingerprint density at radius 1 is 0.818 bits per heavy atom. The van der Waals surface area contributed by atoms with E-state index < -0.39 is 0 Å². The molecule has 1 aromatic heterocycles. The van der Waals surface area contributed by atoms with Crippen molar-refractivity contribution >= 4 is 63.7 Å². The van der Waals surface area contributed by atoms with Crippen molar-refractivity contribution in [1.29, 1.82) is 0 Å². The summed E-state index contributed by atoms with van der Waals surface area (Å²) in [4.78, 5) is 3.78. The van der Waals surface area contributed by atoms with E-state index in [1.165, 1.54) is 0 Å². The summed E-state index contributed by atoms with van der Waals surface area (Å²) in [5.41, 5.74) is 0. The van der Waals surface area contributed by atoms with E-state index in [4.69, 9.17) is 0 Å². The van der Waals surface area contributed by atoms with Crippen LogP contribution in [-0.2, 0) is 0 Å². The maximum Gasteiger partial charge on any atom is 0.189 e. The standard InChI is InChI=1S/C5H5N.CBr4/c1-2-4-6-5-3-1;2-1(3,4)5/h1-5H;. The van der Waals surface area contributed by atoms with Gasteiger partial charge in [0.05, 0.1) is 0 Å². The van der Waals surface area contributed by atoms with Gasteiger partial charge in [-0.25, -0.2) is 0 Å². The van der Waals surface area contributed by atoms with Crippen LogP contribution >= 0.6 is 63.7 Å². The summed E-state index contributed by atoms with van der Waals surface area (Å²) in [5, 5.41) is 0. The third-order valence-electron chi connectivity index (χ3n) is 0.566. The lowest BCUT2D eigenvalue weighted by Crippen LogP contribution is -1.75. The summed E-state index contributed by atoms with van der Waals surface area (Å²) in [6.07, 6.45) is 3.50. The molecular weight excluding hydrogens is 406 g/mol. The molecule has 0 spiro atoms. The highest BCUT2D eigenvalue weighted by Gasteiger charge is 2.08. The zero-order chi connectivity index (χ0) is 8.74. The highest BCUT2D eigenvalue weighted by atomic mass is 80.0. The quantitative estimate of drug-likeness (QED) is 0.582. The Bertz CT molecular complexity index is 139. The van der Waals surface area contributed by atoms with Crippen molar-refractivity contribution in [2.24, 2.45) is 0 Å². The van der Waals surface area contributed by atoms with Crippen LogP contribution in [-0.4, -0.2) is 6.04 Å². The first-order valence-corrected chi connectivity index (χ1v) is 5.78. The van der Waals surface area contributed by atoms with E-state index in [2.05, 4.69) is 68.7 Å². The molecule has 62 valence electrons. The average Bonchev–Trinajstić information content (AvgIpc) is 1.88. The monoisotopic (exact) mass is 407 g/mol. The number of pyridine rings is 1. The Morgan fingerprint density at radius 2 is 1.18 bits per heavy atom. The molecule has 5 heteroatoms. The lowest BCUT2D eigenvalue weighted by molar-refractivity contribution is 1.33. The minimum absolute atomic E-state index is 0.250. The minimum Gasteiger partial charge on any atom is -0.265 e. The van der Waals surface area contributed by atoms with Gasteiger partial charge in [-0.2, -0.15) is 0 Å². The van der Waals surface area contributed by atoms with E-state index >= 15 is 0 Å². The lowest BCUT2D eigenvalue weighted by Gasteiger charge is -1.93. The van der Waals surface area contributed by atoms with E-state index in [0.29, 0.717) is 0 Å². The first kappa shape index (κ1) is 12.1. The number of hydrogen-bond acceptors (Lipinski definition) is 1. The summed E-state index contributed by atoms with van der Waals surface area (Å²) in [6, 6.07) is 5.72. The number of alkyl halides is 4. The van der Waals surface area contributed by atoms with Gasteiger partial charge >= 0.3 is 0 Å². The van der Waals surface area contributed by atoms with Crippen LogP contribution in [0.25, 0.3) is 0 Å². The predicted octanol–water partition coefficient (Wildman–Crippen LogP) is 4.26. The van der Waals surface area contributed by atoms with Crippen LogP contribution in [0.3, 0.4) is 0 Å². The van der Waals surface area contributed by atoms with Gasteiger partial charge in [-0.1, -0.05) is 6.07 Å². The van der Waals surface area contributed by atoms with Gasteiger partial charge in [-0.15, -0.1) is 0 Å². The molecular formula is C6H5Br4N. The molecule has 0 aliphatic carbocycles. The van der Waals surface area contributed by atoms with E-state index in [0.717, 1.165) is 0 Å². The molecule has 0 aromatic carbocycles. The second-order valence-corrected chi connectivity index (χ2v) is 12.6. The van der Waals surface area contributed by atoms with Gasteiger partial charge in [0.25, 0.3) is 0 Å². The number of halogens is 4. The third kappa shape index (κ3) is 18.2. The van der Waals surface area contributed by atoms with Crippen LogP contribution in [0.4, 0.5) is 0 Å². The summed E-state index contributed by atoms with van der Waals surface area (Å²) in [7, 11) is 0.